The Labute approximate surface area is 110 Å². The van der Waals surface area contributed by atoms with Crippen LogP contribution < -0.4 is 11.1 Å². The number of imidazole rings is 1. The van der Waals surface area contributed by atoms with Gasteiger partial charge in [-0.3, -0.25) is 0 Å². The molecule has 2 aromatic heterocycles. The normalized spacial score (nSPS) is 10.9. The topological polar surface area (TPSA) is 81.9 Å². The van der Waals surface area contributed by atoms with Gasteiger partial charge in [0.1, 0.15) is 5.52 Å². The Balaban J connectivity index is 1.58. The van der Waals surface area contributed by atoms with Crippen molar-refractivity contribution in [1.29, 1.82) is 0 Å². The maximum Gasteiger partial charge on any atom is 0.295 e. The third-order valence-corrected chi connectivity index (χ3v) is 2.88. The molecule has 0 aliphatic rings. The van der Waals surface area contributed by atoms with Crippen molar-refractivity contribution in [2.24, 2.45) is 0 Å². The highest BCUT2D eigenvalue weighted by Crippen LogP contribution is 2.23. The summed E-state index contributed by atoms with van der Waals surface area (Å²) in [6, 6.07) is 6.04. The number of anilines is 2. The van der Waals surface area contributed by atoms with E-state index in [0.29, 0.717) is 22.8 Å². The van der Waals surface area contributed by atoms with Crippen LogP contribution >= 0.6 is 0 Å². The molecule has 6 heteroatoms. The van der Waals surface area contributed by atoms with Gasteiger partial charge in [-0.25, -0.2) is 4.98 Å². The highest BCUT2D eigenvalue weighted by molar-refractivity contribution is 5.86. The molecule has 2 heterocycles. The molecule has 0 saturated heterocycles. The largest absolute Gasteiger partial charge is 0.423 e. The van der Waals surface area contributed by atoms with Crippen LogP contribution in [0, 0.1) is 0 Å². The molecule has 3 rings (SSSR count). The van der Waals surface area contributed by atoms with Crippen LogP contribution in [0.3, 0.4) is 0 Å². The van der Waals surface area contributed by atoms with Crippen LogP contribution in [0.25, 0.3) is 11.1 Å². The summed E-state index contributed by atoms with van der Waals surface area (Å²) in [6.45, 7) is 1.69. The molecule has 0 spiro atoms. The smallest absolute Gasteiger partial charge is 0.295 e. The van der Waals surface area contributed by atoms with Crippen molar-refractivity contribution in [2.45, 2.75) is 13.0 Å². The van der Waals surface area contributed by atoms with Gasteiger partial charge in [0.15, 0.2) is 5.58 Å². The Morgan fingerprint density at radius 1 is 1.37 bits per heavy atom. The molecule has 0 unspecified atom stereocenters. The first-order chi connectivity index (χ1) is 9.33. The van der Waals surface area contributed by atoms with Crippen molar-refractivity contribution >= 4 is 22.8 Å². The van der Waals surface area contributed by atoms with E-state index in [1.54, 1.807) is 12.5 Å². The maximum atomic E-state index is 5.83. The van der Waals surface area contributed by atoms with Gasteiger partial charge >= 0.3 is 0 Å². The summed E-state index contributed by atoms with van der Waals surface area (Å²) in [7, 11) is 0. The minimum atomic E-state index is 0.513. The Hall–Kier alpha value is -2.50. The fraction of sp³-hybridized carbons (Fsp3) is 0.231. The number of nitrogens with one attached hydrogen (secondary N) is 1. The molecule has 3 N–H and O–H groups in total. The molecule has 19 heavy (non-hydrogen) atoms. The summed E-state index contributed by atoms with van der Waals surface area (Å²) in [6.07, 6.45) is 6.49. The lowest BCUT2D eigenvalue weighted by molar-refractivity contribution is 0.601. The van der Waals surface area contributed by atoms with Gasteiger partial charge in [-0.15, -0.1) is 0 Å². The lowest BCUT2D eigenvalue weighted by Crippen LogP contribution is -2.05. The van der Waals surface area contributed by atoms with Gasteiger partial charge in [-0.05, 0) is 18.6 Å². The highest BCUT2D eigenvalue weighted by Gasteiger charge is 2.06. The molecule has 0 radical (unpaired) electrons. The SMILES string of the molecule is Nc1cccc2oc(NCCCn3ccnc3)nc12. The monoisotopic (exact) mass is 257 g/mol. The Bertz CT molecular complexity index is 659. The number of aromatic nitrogens is 3. The summed E-state index contributed by atoms with van der Waals surface area (Å²) in [4.78, 5) is 8.32. The Kier molecular flexibility index (Phi) is 3.06. The number of hydrogen-bond acceptors (Lipinski definition) is 5. The Morgan fingerprint density at radius 3 is 3.11 bits per heavy atom. The molecule has 0 saturated carbocycles. The van der Waals surface area contributed by atoms with Crippen LogP contribution in [0.5, 0.6) is 0 Å². The standard InChI is InChI=1S/C13H15N5O/c14-10-3-1-4-11-12(10)17-13(19-11)16-5-2-7-18-8-6-15-9-18/h1,3-4,6,8-9H,2,5,7,14H2,(H,16,17). The lowest BCUT2D eigenvalue weighted by atomic mass is 10.3. The van der Waals surface area contributed by atoms with Crippen LogP contribution in [0.15, 0.2) is 41.3 Å². The number of nitrogens with zero attached hydrogens (tertiary/aromatic N) is 3. The third-order valence-electron chi connectivity index (χ3n) is 2.88. The predicted octanol–water partition coefficient (Wildman–Crippen LogP) is 2.11. The van der Waals surface area contributed by atoms with Gasteiger partial charge in [0, 0.05) is 25.5 Å². The van der Waals surface area contributed by atoms with E-state index in [9.17, 15) is 0 Å². The summed E-state index contributed by atoms with van der Waals surface area (Å²) >= 11 is 0. The zero-order valence-corrected chi connectivity index (χ0v) is 10.4. The van der Waals surface area contributed by atoms with Crippen molar-refractivity contribution in [3.05, 3.63) is 36.9 Å². The molecular weight excluding hydrogens is 242 g/mol. The zero-order chi connectivity index (χ0) is 13.1. The van der Waals surface area contributed by atoms with Crippen LogP contribution in [0.2, 0.25) is 0 Å². The number of nitrogens with two attached hydrogens (primary N) is 1. The molecule has 0 atom stereocenters. The molecule has 0 aliphatic carbocycles. The number of oxazole rings is 1. The number of nitrogen functional groups attached to an aromatic ring is 1. The molecule has 0 fully saturated rings. The minimum Gasteiger partial charge on any atom is -0.423 e. The second-order valence-corrected chi connectivity index (χ2v) is 4.29. The van der Waals surface area contributed by atoms with E-state index < -0.39 is 0 Å². The molecule has 3 aromatic rings. The Morgan fingerprint density at radius 2 is 2.32 bits per heavy atom. The van der Waals surface area contributed by atoms with Gasteiger partial charge < -0.3 is 20.0 Å². The zero-order valence-electron chi connectivity index (χ0n) is 10.4. The summed E-state index contributed by atoms with van der Waals surface area (Å²) in [5.41, 5.74) is 7.87. The minimum absolute atomic E-state index is 0.513. The van der Waals surface area contributed by atoms with Crippen molar-refractivity contribution in [3.8, 4) is 0 Å². The fourth-order valence-corrected chi connectivity index (χ4v) is 1.92. The molecule has 0 aliphatic heterocycles. The number of aryl methyl sites for hydroxylation is 1. The second kappa shape index (κ2) is 5.01. The third kappa shape index (κ3) is 2.52. The van der Waals surface area contributed by atoms with Crippen LogP contribution in [0.1, 0.15) is 6.42 Å². The summed E-state index contributed by atoms with van der Waals surface area (Å²) in [5.74, 6) is 0. The van der Waals surface area contributed by atoms with E-state index in [0.717, 1.165) is 19.5 Å². The molecule has 0 amide bonds. The molecular formula is C13H15N5O. The van der Waals surface area contributed by atoms with Gasteiger partial charge in [0.05, 0.1) is 12.0 Å². The second-order valence-electron chi connectivity index (χ2n) is 4.29. The van der Waals surface area contributed by atoms with Crippen molar-refractivity contribution in [3.63, 3.8) is 0 Å². The molecule has 1 aromatic carbocycles. The number of benzene rings is 1. The molecule has 98 valence electrons. The molecule has 6 nitrogen and oxygen atoms in total. The number of para-hydroxylation sites is 1. The van der Waals surface area contributed by atoms with E-state index in [4.69, 9.17) is 10.2 Å². The van der Waals surface area contributed by atoms with Gasteiger partial charge in [0.25, 0.3) is 6.01 Å². The number of hydrogen-bond donors (Lipinski definition) is 2. The van der Waals surface area contributed by atoms with E-state index in [-0.39, 0.29) is 0 Å². The average molecular weight is 257 g/mol. The quantitative estimate of drug-likeness (QED) is 0.540. The van der Waals surface area contributed by atoms with Crippen LogP contribution in [-0.2, 0) is 6.54 Å². The lowest BCUT2D eigenvalue weighted by Gasteiger charge is -2.02. The van der Waals surface area contributed by atoms with Crippen molar-refractivity contribution < 1.29 is 4.42 Å². The summed E-state index contributed by atoms with van der Waals surface area (Å²) in [5, 5.41) is 3.16. The van der Waals surface area contributed by atoms with Crippen molar-refractivity contribution in [1.82, 2.24) is 14.5 Å². The highest BCUT2D eigenvalue weighted by atomic mass is 16.4. The number of rotatable bonds is 5. The first kappa shape index (κ1) is 11.6. The van der Waals surface area contributed by atoms with E-state index in [1.807, 2.05) is 29.0 Å². The molecule has 0 bridgehead atoms. The van der Waals surface area contributed by atoms with E-state index in [2.05, 4.69) is 15.3 Å². The van der Waals surface area contributed by atoms with Gasteiger partial charge in [-0.1, -0.05) is 6.07 Å². The predicted molar refractivity (Wildman–Crippen MR) is 73.8 cm³/mol. The first-order valence-electron chi connectivity index (χ1n) is 6.17. The van der Waals surface area contributed by atoms with Gasteiger partial charge in [-0.2, -0.15) is 4.98 Å². The van der Waals surface area contributed by atoms with Crippen LogP contribution in [-0.4, -0.2) is 21.1 Å². The number of fused-ring (bicyclic) bond motifs is 1. The van der Waals surface area contributed by atoms with Crippen LogP contribution in [0.4, 0.5) is 11.7 Å². The first-order valence-corrected chi connectivity index (χ1v) is 6.17. The fourth-order valence-electron chi connectivity index (χ4n) is 1.92. The van der Waals surface area contributed by atoms with Gasteiger partial charge in [0.2, 0.25) is 0 Å². The van der Waals surface area contributed by atoms with E-state index >= 15 is 0 Å². The maximum absolute atomic E-state index is 5.83. The van der Waals surface area contributed by atoms with E-state index in [1.165, 1.54) is 0 Å². The average Bonchev–Trinajstić information content (AvgIpc) is 3.04. The summed E-state index contributed by atoms with van der Waals surface area (Å²) < 4.78 is 7.60. The van der Waals surface area contributed by atoms with Crippen molar-refractivity contribution in [2.75, 3.05) is 17.6 Å².